The normalized spacial score (nSPS) is 11.2. The summed E-state index contributed by atoms with van der Waals surface area (Å²) < 4.78 is 32.0. The van der Waals surface area contributed by atoms with E-state index in [2.05, 4.69) is 9.82 Å². The molecular weight excluding hydrogens is 334 g/mol. The molecule has 0 aliphatic rings. The molecule has 0 saturated carbocycles. The molecule has 0 atom stereocenters. The van der Waals surface area contributed by atoms with E-state index < -0.39 is 29.1 Å². The average Bonchev–Trinajstić information content (AvgIpc) is 2.99. The zero-order valence-corrected chi connectivity index (χ0v) is 14.0. The van der Waals surface area contributed by atoms with E-state index in [4.69, 9.17) is 4.74 Å². The van der Waals surface area contributed by atoms with Crippen molar-refractivity contribution in [1.29, 1.82) is 0 Å². The summed E-state index contributed by atoms with van der Waals surface area (Å²) >= 11 is 0. The second-order valence-corrected chi connectivity index (χ2v) is 6.89. The first-order chi connectivity index (χ1) is 11.3. The summed E-state index contributed by atoms with van der Waals surface area (Å²) in [6.07, 6.45) is 2.46. The van der Waals surface area contributed by atoms with Crippen molar-refractivity contribution in [2.45, 2.75) is 11.8 Å². The average molecular weight is 351 g/mol. The fourth-order valence-corrected chi connectivity index (χ4v) is 2.75. The summed E-state index contributed by atoms with van der Waals surface area (Å²) in [6.45, 7) is 0.873. The molecule has 0 aliphatic heterocycles. The number of ether oxygens (including phenoxy) is 1. The Morgan fingerprint density at radius 1 is 1.25 bits per heavy atom. The molecule has 0 spiro atoms. The Morgan fingerprint density at radius 3 is 2.50 bits per heavy atom. The molecule has 24 heavy (non-hydrogen) atoms. The van der Waals surface area contributed by atoms with Gasteiger partial charge in [-0.25, -0.2) is 8.42 Å². The monoisotopic (exact) mass is 351 g/mol. The second-order valence-electron chi connectivity index (χ2n) is 5.12. The van der Waals surface area contributed by atoms with E-state index in [-0.39, 0.29) is 10.7 Å². The van der Waals surface area contributed by atoms with Crippen molar-refractivity contribution in [2.24, 2.45) is 7.05 Å². The first-order valence-corrected chi connectivity index (χ1v) is 8.50. The zero-order chi connectivity index (χ0) is 17.7. The number of ketones is 1. The van der Waals surface area contributed by atoms with E-state index in [1.165, 1.54) is 10.9 Å². The molecule has 0 radical (unpaired) electrons. The number of esters is 1. The Morgan fingerprint density at radius 2 is 1.92 bits per heavy atom. The highest BCUT2D eigenvalue weighted by atomic mass is 32.2. The molecule has 0 saturated heterocycles. The Labute approximate surface area is 139 Å². The van der Waals surface area contributed by atoms with Gasteiger partial charge in [-0.05, 0) is 6.92 Å². The lowest BCUT2D eigenvalue weighted by Crippen LogP contribution is -2.31. The van der Waals surface area contributed by atoms with Gasteiger partial charge >= 0.3 is 5.97 Å². The molecular formula is C15H17N3O5S. The van der Waals surface area contributed by atoms with Crippen molar-refractivity contribution in [1.82, 2.24) is 14.5 Å². The van der Waals surface area contributed by atoms with Crippen LogP contribution in [-0.2, 0) is 26.6 Å². The third-order valence-electron chi connectivity index (χ3n) is 3.14. The number of rotatable bonds is 7. The van der Waals surface area contributed by atoms with Gasteiger partial charge in [-0.15, -0.1) is 0 Å². The quantitative estimate of drug-likeness (QED) is 0.573. The van der Waals surface area contributed by atoms with E-state index in [0.29, 0.717) is 5.56 Å². The maximum absolute atomic E-state index is 11.9. The maximum Gasteiger partial charge on any atom is 0.321 e. The van der Waals surface area contributed by atoms with Crippen molar-refractivity contribution >= 4 is 21.8 Å². The van der Waals surface area contributed by atoms with Crippen LogP contribution in [0.1, 0.15) is 15.9 Å². The molecule has 1 aromatic heterocycles. The molecule has 0 aliphatic carbocycles. The molecule has 0 amide bonds. The van der Waals surface area contributed by atoms with Gasteiger partial charge < -0.3 is 4.74 Å². The van der Waals surface area contributed by atoms with Gasteiger partial charge in [0, 0.05) is 18.8 Å². The molecule has 0 fully saturated rings. The van der Waals surface area contributed by atoms with Crippen LogP contribution in [0, 0.1) is 6.92 Å². The number of aromatic nitrogens is 2. The smallest absolute Gasteiger partial charge is 0.321 e. The van der Waals surface area contributed by atoms with E-state index in [9.17, 15) is 18.0 Å². The highest BCUT2D eigenvalue weighted by Gasteiger charge is 2.18. The Balaban J connectivity index is 1.83. The number of Topliss-reactive ketones (excluding diaryl/α,β-unsaturated/α-hetero) is 1. The van der Waals surface area contributed by atoms with E-state index in [1.807, 2.05) is 6.92 Å². The van der Waals surface area contributed by atoms with Gasteiger partial charge in [0.05, 0.1) is 6.20 Å². The van der Waals surface area contributed by atoms with Gasteiger partial charge in [0.2, 0.25) is 10.0 Å². The van der Waals surface area contributed by atoms with Gasteiger partial charge in [0.15, 0.2) is 12.4 Å². The van der Waals surface area contributed by atoms with Crippen molar-refractivity contribution in [3.63, 3.8) is 0 Å². The second kappa shape index (κ2) is 7.37. The third kappa shape index (κ3) is 4.74. The molecule has 1 heterocycles. The summed E-state index contributed by atoms with van der Waals surface area (Å²) in [7, 11) is -2.28. The van der Waals surface area contributed by atoms with Crippen LogP contribution in [0.5, 0.6) is 0 Å². The lowest BCUT2D eigenvalue weighted by atomic mass is 10.1. The molecule has 0 unspecified atom stereocenters. The molecule has 1 aromatic carbocycles. The van der Waals surface area contributed by atoms with Crippen molar-refractivity contribution in [3.8, 4) is 0 Å². The van der Waals surface area contributed by atoms with Crippen molar-refractivity contribution in [3.05, 3.63) is 47.8 Å². The van der Waals surface area contributed by atoms with Crippen LogP contribution in [0.3, 0.4) is 0 Å². The van der Waals surface area contributed by atoms with Crippen LogP contribution in [0.2, 0.25) is 0 Å². The Bertz CT molecular complexity index is 840. The minimum absolute atomic E-state index is 0.0615. The van der Waals surface area contributed by atoms with Crippen LogP contribution >= 0.6 is 0 Å². The summed E-state index contributed by atoms with van der Waals surface area (Å²) in [5.41, 5.74) is 1.43. The van der Waals surface area contributed by atoms with Crippen LogP contribution in [-0.4, -0.2) is 43.1 Å². The number of carbonyl (C=O) groups is 2. The highest BCUT2D eigenvalue weighted by molar-refractivity contribution is 7.89. The van der Waals surface area contributed by atoms with E-state index in [0.717, 1.165) is 11.8 Å². The number of sulfonamides is 1. The van der Waals surface area contributed by atoms with E-state index in [1.54, 1.807) is 31.3 Å². The Hall–Kier alpha value is -2.52. The minimum atomic E-state index is -3.85. The standard InChI is InChI=1S/C15H17N3O5S/c1-11-3-5-12(6-4-11)14(19)10-23-15(20)8-17-24(21,22)13-7-16-18(2)9-13/h3-7,9,17H,8,10H2,1-2H3. The molecule has 0 bridgehead atoms. The molecule has 2 aromatic rings. The predicted octanol–water partition coefficient (Wildman–Crippen LogP) is 0.433. The lowest BCUT2D eigenvalue weighted by Gasteiger charge is -2.06. The molecule has 8 nitrogen and oxygen atoms in total. The van der Waals surface area contributed by atoms with Crippen LogP contribution in [0.15, 0.2) is 41.6 Å². The van der Waals surface area contributed by atoms with Gasteiger partial charge in [0.1, 0.15) is 11.4 Å². The largest absolute Gasteiger partial charge is 0.456 e. The summed E-state index contributed by atoms with van der Waals surface area (Å²) in [6, 6.07) is 6.82. The molecule has 9 heteroatoms. The summed E-state index contributed by atoms with van der Waals surface area (Å²) in [5.74, 6) is -1.21. The molecule has 1 N–H and O–H groups in total. The highest BCUT2D eigenvalue weighted by Crippen LogP contribution is 2.06. The van der Waals surface area contributed by atoms with Crippen molar-refractivity contribution in [2.75, 3.05) is 13.2 Å². The third-order valence-corrected chi connectivity index (χ3v) is 4.49. The van der Waals surface area contributed by atoms with Crippen LogP contribution in [0.25, 0.3) is 0 Å². The zero-order valence-electron chi connectivity index (χ0n) is 13.2. The maximum atomic E-state index is 11.9. The SMILES string of the molecule is Cc1ccc(C(=O)COC(=O)CNS(=O)(=O)c2cnn(C)c2)cc1. The number of nitrogens with one attached hydrogen (secondary N) is 1. The minimum Gasteiger partial charge on any atom is -0.456 e. The first kappa shape index (κ1) is 17.8. The van der Waals surface area contributed by atoms with Gasteiger partial charge in [-0.3, -0.25) is 14.3 Å². The fraction of sp³-hybridized carbons (Fsp3) is 0.267. The van der Waals surface area contributed by atoms with Gasteiger partial charge in [-0.1, -0.05) is 29.8 Å². The summed E-state index contributed by atoms with van der Waals surface area (Å²) in [5, 5.41) is 3.75. The van der Waals surface area contributed by atoms with Crippen LogP contribution in [0.4, 0.5) is 0 Å². The van der Waals surface area contributed by atoms with Crippen LogP contribution < -0.4 is 4.72 Å². The topological polar surface area (TPSA) is 107 Å². The predicted molar refractivity (Wildman–Crippen MR) is 84.9 cm³/mol. The molecule has 2 rings (SSSR count). The number of benzene rings is 1. The number of hydrogen-bond acceptors (Lipinski definition) is 6. The fourth-order valence-electron chi connectivity index (χ4n) is 1.79. The number of nitrogens with zero attached hydrogens (tertiary/aromatic N) is 2. The van der Waals surface area contributed by atoms with Crippen molar-refractivity contribution < 1.29 is 22.7 Å². The number of hydrogen-bond donors (Lipinski definition) is 1. The molecule has 128 valence electrons. The summed E-state index contributed by atoms with van der Waals surface area (Å²) in [4.78, 5) is 23.4. The number of carbonyl (C=O) groups excluding carboxylic acids is 2. The first-order valence-electron chi connectivity index (χ1n) is 7.02. The Kier molecular flexibility index (Phi) is 5.47. The number of aryl methyl sites for hydroxylation is 2. The van der Waals surface area contributed by atoms with E-state index >= 15 is 0 Å². The lowest BCUT2D eigenvalue weighted by molar-refractivity contribution is -0.141. The van der Waals surface area contributed by atoms with Gasteiger partial charge in [-0.2, -0.15) is 9.82 Å². The van der Waals surface area contributed by atoms with Gasteiger partial charge in [0.25, 0.3) is 0 Å².